The number of aryl methyl sites for hydroxylation is 1. The molecule has 1 aromatic heterocycles. The summed E-state index contributed by atoms with van der Waals surface area (Å²) in [6.07, 6.45) is 6.02. The number of carboxylic acid groups (broad SMARTS) is 1. The van der Waals surface area contributed by atoms with E-state index in [1.54, 1.807) is 12.1 Å². The van der Waals surface area contributed by atoms with Crippen LogP contribution in [0.4, 0.5) is 5.00 Å². The van der Waals surface area contributed by atoms with E-state index in [1.807, 2.05) is 13.0 Å². The number of primary amides is 1. The fraction of sp³-hybridized carbons (Fsp3) is 0.438. The van der Waals surface area contributed by atoms with Crippen LogP contribution >= 0.6 is 11.3 Å². The molecule has 0 spiro atoms. The number of hydrogen-bond acceptors (Lipinski definition) is 4. The standard InChI is InChI=1S/C16H20N2O4S/c1-2-5-9-8-12(13(17)19)15(23-9)18-14(20)10-6-3-4-7-11(10)16(21)22/h3-4,8,10-11H,2,5-7H2,1H3,(H2,17,19)(H,18,20)(H,21,22)/t10-,11+/m0/s1. The van der Waals surface area contributed by atoms with Crippen molar-refractivity contribution in [2.45, 2.75) is 32.6 Å². The van der Waals surface area contributed by atoms with Crippen LogP contribution in [0, 0.1) is 11.8 Å². The molecule has 0 saturated carbocycles. The van der Waals surface area contributed by atoms with Gasteiger partial charge in [0.2, 0.25) is 5.91 Å². The first-order valence-electron chi connectivity index (χ1n) is 7.55. The number of allylic oxidation sites excluding steroid dienone is 2. The zero-order valence-electron chi connectivity index (χ0n) is 12.9. The summed E-state index contributed by atoms with van der Waals surface area (Å²) in [6.45, 7) is 2.02. The van der Waals surface area contributed by atoms with Crippen LogP contribution in [0.25, 0.3) is 0 Å². The summed E-state index contributed by atoms with van der Waals surface area (Å²) < 4.78 is 0. The fourth-order valence-electron chi connectivity index (χ4n) is 2.67. The first kappa shape index (κ1) is 17.2. The highest BCUT2D eigenvalue weighted by Gasteiger charge is 2.34. The number of rotatable bonds is 6. The first-order chi connectivity index (χ1) is 10.9. The van der Waals surface area contributed by atoms with E-state index >= 15 is 0 Å². The molecule has 1 heterocycles. The van der Waals surface area contributed by atoms with Gasteiger partial charge in [-0.2, -0.15) is 0 Å². The Bertz CT molecular complexity index is 651. The maximum atomic E-state index is 12.5. The molecule has 124 valence electrons. The van der Waals surface area contributed by atoms with Crippen LogP contribution in [0.15, 0.2) is 18.2 Å². The van der Waals surface area contributed by atoms with E-state index in [2.05, 4.69) is 5.32 Å². The second kappa shape index (κ2) is 7.41. The van der Waals surface area contributed by atoms with Crippen molar-refractivity contribution in [1.29, 1.82) is 0 Å². The lowest BCUT2D eigenvalue weighted by Gasteiger charge is -2.24. The second-order valence-corrected chi connectivity index (χ2v) is 6.69. The molecule has 2 rings (SSSR count). The highest BCUT2D eigenvalue weighted by molar-refractivity contribution is 7.16. The van der Waals surface area contributed by atoms with Crippen molar-refractivity contribution in [3.63, 3.8) is 0 Å². The van der Waals surface area contributed by atoms with Gasteiger partial charge in [0.15, 0.2) is 0 Å². The predicted molar refractivity (Wildman–Crippen MR) is 88.5 cm³/mol. The van der Waals surface area contributed by atoms with Gasteiger partial charge in [-0.05, 0) is 25.3 Å². The number of amides is 2. The number of aliphatic carboxylic acids is 1. The van der Waals surface area contributed by atoms with Crippen LogP contribution < -0.4 is 11.1 Å². The van der Waals surface area contributed by atoms with Gasteiger partial charge in [0, 0.05) is 4.88 Å². The van der Waals surface area contributed by atoms with Crippen LogP contribution in [0.3, 0.4) is 0 Å². The molecular weight excluding hydrogens is 316 g/mol. The Morgan fingerprint density at radius 2 is 1.96 bits per heavy atom. The van der Waals surface area contributed by atoms with Crippen molar-refractivity contribution in [3.8, 4) is 0 Å². The van der Waals surface area contributed by atoms with Gasteiger partial charge < -0.3 is 16.2 Å². The Morgan fingerprint density at radius 1 is 1.30 bits per heavy atom. The van der Waals surface area contributed by atoms with E-state index in [0.29, 0.717) is 17.8 Å². The number of carbonyl (C=O) groups is 3. The van der Waals surface area contributed by atoms with Crippen LogP contribution in [-0.2, 0) is 16.0 Å². The van der Waals surface area contributed by atoms with Gasteiger partial charge in [-0.25, -0.2) is 0 Å². The average Bonchev–Trinajstić information content (AvgIpc) is 2.90. The van der Waals surface area contributed by atoms with Crippen LogP contribution in [-0.4, -0.2) is 22.9 Å². The van der Waals surface area contributed by atoms with Gasteiger partial charge in [0.05, 0.1) is 17.4 Å². The van der Waals surface area contributed by atoms with E-state index < -0.39 is 23.7 Å². The van der Waals surface area contributed by atoms with Crippen molar-refractivity contribution >= 4 is 34.1 Å². The smallest absolute Gasteiger partial charge is 0.307 e. The zero-order chi connectivity index (χ0) is 17.0. The average molecular weight is 336 g/mol. The Kier molecular flexibility index (Phi) is 5.54. The maximum absolute atomic E-state index is 12.5. The molecule has 1 aliphatic carbocycles. The Balaban J connectivity index is 2.20. The first-order valence-corrected chi connectivity index (χ1v) is 8.36. The fourth-order valence-corrected chi connectivity index (χ4v) is 3.84. The number of carbonyl (C=O) groups excluding carboxylic acids is 2. The van der Waals surface area contributed by atoms with Crippen molar-refractivity contribution < 1.29 is 19.5 Å². The number of carboxylic acids is 1. The molecule has 0 aromatic carbocycles. The maximum Gasteiger partial charge on any atom is 0.307 e. The van der Waals surface area contributed by atoms with Gasteiger partial charge in [-0.3, -0.25) is 14.4 Å². The number of hydrogen-bond donors (Lipinski definition) is 3. The van der Waals surface area contributed by atoms with Gasteiger partial charge in [0.1, 0.15) is 5.00 Å². The van der Waals surface area contributed by atoms with E-state index in [1.165, 1.54) is 11.3 Å². The molecule has 0 unspecified atom stereocenters. The lowest BCUT2D eigenvalue weighted by atomic mass is 9.82. The molecule has 0 radical (unpaired) electrons. The number of anilines is 1. The third-order valence-electron chi connectivity index (χ3n) is 3.87. The summed E-state index contributed by atoms with van der Waals surface area (Å²) in [7, 11) is 0. The van der Waals surface area contributed by atoms with E-state index in [4.69, 9.17) is 5.73 Å². The van der Waals surface area contributed by atoms with Crippen LogP contribution in [0.5, 0.6) is 0 Å². The Hall–Kier alpha value is -2.15. The minimum Gasteiger partial charge on any atom is -0.481 e. The highest BCUT2D eigenvalue weighted by atomic mass is 32.1. The van der Waals surface area contributed by atoms with E-state index in [-0.39, 0.29) is 11.5 Å². The Labute approximate surface area is 138 Å². The van der Waals surface area contributed by atoms with E-state index in [0.717, 1.165) is 17.7 Å². The molecule has 0 aliphatic heterocycles. The van der Waals surface area contributed by atoms with Crippen molar-refractivity contribution in [2.75, 3.05) is 5.32 Å². The largest absolute Gasteiger partial charge is 0.481 e. The van der Waals surface area contributed by atoms with Gasteiger partial charge in [-0.15, -0.1) is 11.3 Å². The molecule has 7 heteroatoms. The van der Waals surface area contributed by atoms with Crippen molar-refractivity contribution in [3.05, 3.63) is 28.7 Å². The number of nitrogens with two attached hydrogens (primary N) is 1. The van der Waals surface area contributed by atoms with Crippen LogP contribution in [0.1, 0.15) is 41.4 Å². The molecule has 2 amide bonds. The molecule has 2 atom stereocenters. The molecule has 1 aliphatic rings. The van der Waals surface area contributed by atoms with Gasteiger partial charge in [0.25, 0.3) is 5.91 Å². The lowest BCUT2D eigenvalue weighted by Crippen LogP contribution is -2.34. The summed E-state index contributed by atoms with van der Waals surface area (Å²) >= 11 is 1.32. The monoisotopic (exact) mass is 336 g/mol. The molecule has 6 nitrogen and oxygen atoms in total. The van der Waals surface area contributed by atoms with Crippen molar-refractivity contribution in [1.82, 2.24) is 0 Å². The van der Waals surface area contributed by atoms with E-state index in [9.17, 15) is 19.5 Å². The summed E-state index contributed by atoms with van der Waals surface area (Å²) in [5.41, 5.74) is 5.65. The molecule has 1 aromatic rings. The number of nitrogens with one attached hydrogen (secondary N) is 1. The number of thiophene rings is 1. The molecule has 0 bridgehead atoms. The van der Waals surface area contributed by atoms with Crippen LogP contribution in [0.2, 0.25) is 0 Å². The summed E-state index contributed by atoms with van der Waals surface area (Å²) in [6, 6.07) is 1.70. The third-order valence-corrected chi connectivity index (χ3v) is 4.98. The molecule has 0 saturated heterocycles. The predicted octanol–water partition coefficient (Wildman–Crippen LogP) is 2.41. The Morgan fingerprint density at radius 3 is 2.52 bits per heavy atom. The lowest BCUT2D eigenvalue weighted by molar-refractivity contribution is -0.146. The summed E-state index contributed by atoms with van der Waals surface area (Å²) in [4.78, 5) is 36.3. The van der Waals surface area contributed by atoms with Crippen molar-refractivity contribution in [2.24, 2.45) is 17.6 Å². The summed E-state index contributed by atoms with van der Waals surface area (Å²) in [5, 5.41) is 12.4. The molecule has 0 fully saturated rings. The zero-order valence-corrected chi connectivity index (χ0v) is 13.7. The SMILES string of the molecule is CCCc1cc(C(N)=O)c(NC(=O)[C@H]2CC=CC[C@H]2C(=O)O)s1. The normalized spacial score (nSPS) is 20.2. The minimum absolute atomic E-state index is 0.282. The van der Waals surface area contributed by atoms with Gasteiger partial charge >= 0.3 is 5.97 Å². The third kappa shape index (κ3) is 3.98. The molecule has 23 heavy (non-hydrogen) atoms. The summed E-state index contributed by atoms with van der Waals surface area (Å²) in [5.74, 6) is -3.35. The second-order valence-electron chi connectivity index (χ2n) is 5.55. The molecule has 4 N–H and O–H groups in total. The quantitative estimate of drug-likeness (QED) is 0.693. The minimum atomic E-state index is -0.984. The highest BCUT2D eigenvalue weighted by Crippen LogP contribution is 2.32. The topological polar surface area (TPSA) is 109 Å². The van der Waals surface area contributed by atoms with Gasteiger partial charge in [-0.1, -0.05) is 25.5 Å². The molecular formula is C16H20N2O4S.